The van der Waals surface area contributed by atoms with Crippen LogP contribution in [0.25, 0.3) is 11.3 Å². The van der Waals surface area contributed by atoms with Gasteiger partial charge in [0.1, 0.15) is 18.3 Å². The van der Waals surface area contributed by atoms with Gasteiger partial charge in [0.2, 0.25) is 5.91 Å². The minimum Gasteiger partial charge on any atom is -0.464 e. The molecule has 1 aromatic carbocycles. The van der Waals surface area contributed by atoms with Crippen LogP contribution in [0.15, 0.2) is 48.0 Å². The van der Waals surface area contributed by atoms with E-state index in [4.69, 9.17) is 4.74 Å². The second-order valence-corrected chi connectivity index (χ2v) is 8.11. The lowest BCUT2D eigenvalue weighted by atomic mass is 10.0. The van der Waals surface area contributed by atoms with Crippen LogP contribution in [0.5, 0.6) is 0 Å². The lowest BCUT2D eigenvalue weighted by molar-refractivity contribution is -0.119. The van der Waals surface area contributed by atoms with Gasteiger partial charge in [0, 0.05) is 17.1 Å². The summed E-state index contributed by atoms with van der Waals surface area (Å²) in [6, 6.07) is 10.1. The molecule has 2 aromatic heterocycles. The maximum Gasteiger partial charge on any atom is 0.408 e. The third-order valence-corrected chi connectivity index (χ3v) is 5.31. The number of alkyl carbamates (subject to hydrolysis) is 1. The lowest BCUT2D eigenvalue weighted by Gasteiger charge is -2.20. The third kappa shape index (κ3) is 5.94. The van der Waals surface area contributed by atoms with Crippen LogP contribution >= 0.6 is 11.3 Å². The fraction of sp³-hybridized carbons (Fsp3) is 0.273. The summed E-state index contributed by atoms with van der Waals surface area (Å²) in [6.07, 6.45) is 0.957. The van der Waals surface area contributed by atoms with Gasteiger partial charge in [0.05, 0.1) is 12.8 Å². The zero-order valence-corrected chi connectivity index (χ0v) is 18.7. The van der Waals surface area contributed by atoms with E-state index in [1.807, 2.05) is 44.2 Å². The number of thiazole rings is 1. The topological polar surface area (TPSA) is 122 Å². The standard InChI is InChI=1S/C22H24N4O5S/c1-13(2)18(25-22(29)31-11-14-7-5-4-6-8-14)19(27)26-21-24-17(12-32-21)15-9-16(23-10-15)20(28)30-3/h4-10,12-13,18,23H,11H2,1-3H3,(H,25,29)(H,24,26,27)/t18-/m0/s1. The number of aromatic nitrogens is 2. The molecule has 0 saturated heterocycles. The van der Waals surface area contributed by atoms with Crippen molar-refractivity contribution in [3.8, 4) is 11.3 Å². The van der Waals surface area contributed by atoms with E-state index in [0.717, 1.165) is 5.56 Å². The van der Waals surface area contributed by atoms with Crippen molar-refractivity contribution in [2.24, 2.45) is 5.92 Å². The zero-order chi connectivity index (χ0) is 23.1. The van der Waals surface area contributed by atoms with Crippen LogP contribution in [0.2, 0.25) is 0 Å². The van der Waals surface area contributed by atoms with Crippen molar-refractivity contribution in [3.63, 3.8) is 0 Å². The molecule has 0 fully saturated rings. The van der Waals surface area contributed by atoms with Gasteiger partial charge in [-0.15, -0.1) is 11.3 Å². The number of methoxy groups -OCH3 is 1. The quantitative estimate of drug-likeness (QED) is 0.443. The summed E-state index contributed by atoms with van der Waals surface area (Å²) >= 11 is 1.23. The monoisotopic (exact) mass is 456 g/mol. The van der Waals surface area contributed by atoms with Gasteiger partial charge in [0.25, 0.3) is 0 Å². The molecular formula is C22H24N4O5S. The van der Waals surface area contributed by atoms with Gasteiger partial charge in [-0.05, 0) is 17.5 Å². The number of ether oxygens (including phenoxy) is 2. The first-order valence-corrected chi connectivity index (χ1v) is 10.8. The van der Waals surface area contributed by atoms with Gasteiger partial charge in [-0.2, -0.15) is 0 Å². The van der Waals surface area contributed by atoms with Crippen molar-refractivity contribution in [1.82, 2.24) is 15.3 Å². The van der Waals surface area contributed by atoms with E-state index in [9.17, 15) is 14.4 Å². The molecule has 3 rings (SSSR count). The second kappa shape index (κ2) is 10.6. The number of carbonyl (C=O) groups is 3. The van der Waals surface area contributed by atoms with Crippen LogP contribution in [0.3, 0.4) is 0 Å². The largest absolute Gasteiger partial charge is 0.464 e. The van der Waals surface area contributed by atoms with Crippen molar-refractivity contribution >= 4 is 34.4 Å². The van der Waals surface area contributed by atoms with Crippen LogP contribution in [-0.2, 0) is 20.9 Å². The Morgan fingerprint density at radius 1 is 1.19 bits per heavy atom. The molecule has 0 bridgehead atoms. The van der Waals surface area contributed by atoms with Gasteiger partial charge in [-0.25, -0.2) is 14.6 Å². The lowest BCUT2D eigenvalue weighted by Crippen LogP contribution is -2.47. The minimum atomic E-state index is -0.802. The van der Waals surface area contributed by atoms with Crippen LogP contribution in [0, 0.1) is 5.92 Å². The zero-order valence-electron chi connectivity index (χ0n) is 17.9. The predicted molar refractivity (Wildman–Crippen MR) is 120 cm³/mol. The van der Waals surface area contributed by atoms with E-state index in [1.54, 1.807) is 17.6 Å². The van der Waals surface area contributed by atoms with E-state index in [-0.39, 0.29) is 12.5 Å². The normalized spacial score (nSPS) is 11.6. The number of aromatic amines is 1. The highest BCUT2D eigenvalue weighted by molar-refractivity contribution is 7.14. The van der Waals surface area contributed by atoms with Gasteiger partial charge in [-0.3, -0.25) is 4.79 Å². The maximum absolute atomic E-state index is 12.8. The molecule has 32 heavy (non-hydrogen) atoms. The van der Waals surface area contributed by atoms with Crippen molar-refractivity contribution < 1.29 is 23.9 Å². The number of H-pyrrole nitrogens is 1. The fourth-order valence-corrected chi connectivity index (χ4v) is 3.57. The molecule has 0 aliphatic heterocycles. The molecule has 3 N–H and O–H groups in total. The van der Waals surface area contributed by atoms with Crippen molar-refractivity contribution in [1.29, 1.82) is 0 Å². The molecule has 9 nitrogen and oxygen atoms in total. The van der Waals surface area contributed by atoms with Gasteiger partial charge in [-0.1, -0.05) is 44.2 Å². The molecule has 1 atom stereocenters. The van der Waals surface area contributed by atoms with Crippen LogP contribution in [0.4, 0.5) is 9.93 Å². The second-order valence-electron chi connectivity index (χ2n) is 7.25. The molecular weight excluding hydrogens is 432 g/mol. The summed E-state index contributed by atoms with van der Waals surface area (Å²) in [5.41, 5.74) is 2.43. The van der Waals surface area contributed by atoms with E-state index in [0.29, 0.717) is 22.1 Å². The van der Waals surface area contributed by atoms with E-state index < -0.39 is 24.0 Å². The summed E-state index contributed by atoms with van der Waals surface area (Å²) in [4.78, 5) is 43.8. The number of hydrogen-bond donors (Lipinski definition) is 3. The van der Waals surface area contributed by atoms with E-state index in [2.05, 4.69) is 25.3 Å². The molecule has 0 aliphatic carbocycles. The Morgan fingerprint density at radius 2 is 1.94 bits per heavy atom. The summed E-state index contributed by atoms with van der Waals surface area (Å²) < 4.78 is 9.89. The van der Waals surface area contributed by atoms with Crippen LogP contribution in [-0.4, -0.2) is 41.1 Å². The summed E-state index contributed by atoms with van der Waals surface area (Å²) in [5, 5.41) is 7.47. The molecule has 168 valence electrons. The number of benzene rings is 1. The number of amides is 2. The Morgan fingerprint density at radius 3 is 2.62 bits per heavy atom. The first-order valence-electron chi connectivity index (χ1n) is 9.88. The summed E-state index contributed by atoms with van der Waals surface area (Å²) in [6.45, 7) is 3.76. The smallest absolute Gasteiger partial charge is 0.408 e. The molecule has 0 spiro atoms. The molecule has 0 unspecified atom stereocenters. The number of nitrogens with one attached hydrogen (secondary N) is 3. The Kier molecular flexibility index (Phi) is 7.61. The fourth-order valence-electron chi connectivity index (χ4n) is 2.84. The Hall–Kier alpha value is -3.66. The Bertz CT molecular complexity index is 1080. The van der Waals surface area contributed by atoms with Crippen molar-refractivity contribution in [2.75, 3.05) is 12.4 Å². The highest BCUT2D eigenvalue weighted by Gasteiger charge is 2.26. The average molecular weight is 457 g/mol. The van der Waals surface area contributed by atoms with Crippen LogP contribution in [0.1, 0.15) is 29.9 Å². The number of esters is 1. The SMILES string of the molecule is COC(=O)c1cc(-c2csc(NC(=O)[C@@H](NC(=O)OCc3ccccc3)C(C)C)n2)c[nH]1. The van der Waals surface area contributed by atoms with Crippen LogP contribution < -0.4 is 10.6 Å². The average Bonchev–Trinajstić information content (AvgIpc) is 3.45. The molecule has 0 aliphatic rings. The van der Waals surface area contributed by atoms with Gasteiger partial charge < -0.3 is 25.1 Å². The van der Waals surface area contributed by atoms with E-state index >= 15 is 0 Å². The molecule has 0 saturated carbocycles. The Balaban J connectivity index is 1.59. The molecule has 2 heterocycles. The predicted octanol–water partition coefficient (Wildman–Crippen LogP) is 3.81. The summed E-state index contributed by atoms with van der Waals surface area (Å²) in [7, 11) is 1.30. The molecule has 3 aromatic rings. The van der Waals surface area contributed by atoms with E-state index in [1.165, 1.54) is 18.4 Å². The van der Waals surface area contributed by atoms with Gasteiger partial charge in [0.15, 0.2) is 5.13 Å². The third-order valence-electron chi connectivity index (χ3n) is 4.55. The minimum absolute atomic E-state index is 0.110. The van der Waals surface area contributed by atoms with Crippen molar-refractivity contribution in [2.45, 2.75) is 26.5 Å². The number of anilines is 1. The highest BCUT2D eigenvalue weighted by Crippen LogP contribution is 2.26. The first-order chi connectivity index (χ1) is 15.4. The number of rotatable bonds is 8. The molecule has 10 heteroatoms. The number of hydrogen-bond acceptors (Lipinski definition) is 7. The Labute approximate surface area is 189 Å². The summed E-state index contributed by atoms with van der Waals surface area (Å²) in [5.74, 6) is -1.06. The number of carbonyl (C=O) groups excluding carboxylic acids is 3. The van der Waals surface area contributed by atoms with Gasteiger partial charge >= 0.3 is 12.1 Å². The maximum atomic E-state index is 12.8. The number of nitrogens with zero attached hydrogens (tertiary/aromatic N) is 1. The molecule has 0 radical (unpaired) electrons. The highest BCUT2D eigenvalue weighted by atomic mass is 32.1. The molecule has 2 amide bonds. The first kappa shape index (κ1) is 23.0. The van der Waals surface area contributed by atoms with Crippen molar-refractivity contribution in [3.05, 3.63) is 59.2 Å².